The summed E-state index contributed by atoms with van der Waals surface area (Å²) < 4.78 is 8.11. The number of nitrogens with zero attached hydrogens (tertiary/aromatic N) is 2. The smallest absolute Gasteiger partial charge is 0.328 e. The molecule has 9 heteroatoms. The van der Waals surface area contributed by atoms with Gasteiger partial charge in [0, 0.05) is 23.4 Å². The maximum absolute atomic E-state index is 13.7. The zero-order chi connectivity index (χ0) is 29.6. The van der Waals surface area contributed by atoms with Gasteiger partial charge in [-0.05, 0) is 98.0 Å². The molecule has 3 fully saturated rings. The molecule has 220 valence electrons. The van der Waals surface area contributed by atoms with Crippen LogP contribution in [0.25, 0.3) is 28.7 Å². The number of carbonyl (C=O) groups is 3. The number of amides is 2. The van der Waals surface area contributed by atoms with Crippen LogP contribution in [0.4, 0.5) is 5.69 Å². The predicted molar refractivity (Wildman–Crippen MR) is 162 cm³/mol. The van der Waals surface area contributed by atoms with Crippen molar-refractivity contribution in [2.75, 3.05) is 5.32 Å². The van der Waals surface area contributed by atoms with Crippen LogP contribution < -0.4 is 10.6 Å². The predicted octanol–water partition coefficient (Wildman–Crippen LogP) is 6.44. The molecule has 3 atom stereocenters. The van der Waals surface area contributed by atoms with Crippen molar-refractivity contribution >= 4 is 40.6 Å². The zero-order valence-corrected chi connectivity index (χ0v) is 23.8. The van der Waals surface area contributed by atoms with Gasteiger partial charge in [-0.25, -0.2) is 9.78 Å². The second-order valence-corrected chi connectivity index (χ2v) is 12.2. The van der Waals surface area contributed by atoms with E-state index in [1.165, 1.54) is 25.3 Å². The highest BCUT2D eigenvalue weighted by Crippen LogP contribution is 2.52. The lowest BCUT2D eigenvalue weighted by molar-refractivity contribution is -0.131. The molecule has 3 aliphatic carbocycles. The largest absolute Gasteiger partial charge is 0.478 e. The highest BCUT2D eigenvalue weighted by atomic mass is 16.4. The molecule has 43 heavy (non-hydrogen) atoms. The maximum Gasteiger partial charge on any atom is 0.328 e. The summed E-state index contributed by atoms with van der Waals surface area (Å²) in [4.78, 5) is 43.0. The molecule has 2 heterocycles. The third kappa shape index (κ3) is 5.13. The van der Waals surface area contributed by atoms with Gasteiger partial charge in [0.2, 0.25) is 5.91 Å². The first-order valence-electron chi connectivity index (χ1n) is 15.1. The molecule has 4 aromatic rings. The van der Waals surface area contributed by atoms with E-state index < -0.39 is 11.5 Å². The zero-order valence-electron chi connectivity index (χ0n) is 23.8. The molecule has 0 radical (unpaired) electrons. The number of imidazole rings is 1. The fraction of sp³-hybridized carbons (Fsp3) is 0.353. The van der Waals surface area contributed by atoms with Gasteiger partial charge in [0.15, 0.2) is 11.6 Å². The monoisotopic (exact) mass is 578 g/mol. The van der Waals surface area contributed by atoms with Crippen LogP contribution in [-0.2, 0) is 9.59 Å². The number of carboxylic acid groups (broad SMARTS) is 1. The third-order valence-corrected chi connectivity index (χ3v) is 9.56. The average Bonchev–Trinajstić information content (AvgIpc) is 3.85. The molecule has 2 aromatic carbocycles. The van der Waals surface area contributed by atoms with Crippen LogP contribution in [0.5, 0.6) is 0 Å². The summed E-state index contributed by atoms with van der Waals surface area (Å²) in [5.74, 6) is 1.33. The van der Waals surface area contributed by atoms with E-state index in [-0.39, 0.29) is 11.8 Å². The number of furan rings is 1. The molecule has 3 saturated carbocycles. The summed E-state index contributed by atoms with van der Waals surface area (Å²) in [7, 11) is 0. The Kier molecular flexibility index (Phi) is 6.88. The molecule has 9 nitrogen and oxygen atoms in total. The highest BCUT2D eigenvalue weighted by Gasteiger charge is 2.44. The van der Waals surface area contributed by atoms with Crippen molar-refractivity contribution in [3.05, 3.63) is 78.1 Å². The van der Waals surface area contributed by atoms with Gasteiger partial charge in [-0.3, -0.25) is 9.59 Å². The number of carboxylic acids is 1. The molecule has 7 rings (SSSR count). The Balaban J connectivity index is 1.13. The van der Waals surface area contributed by atoms with E-state index in [9.17, 15) is 14.4 Å². The molecular formula is C34H34N4O5. The van der Waals surface area contributed by atoms with Gasteiger partial charge < -0.3 is 24.7 Å². The number of aromatic nitrogens is 2. The van der Waals surface area contributed by atoms with Crippen LogP contribution >= 0.6 is 0 Å². The second-order valence-electron chi connectivity index (χ2n) is 12.2. The van der Waals surface area contributed by atoms with E-state index in [1.807, 2.05) is 30.3 Å². The van der Waals surface area contributed by atoms with Crippen LogP contribution in [0, 0.1) is 11.8 Å². The molecule has 3 N–H and O–H groups in total. The summed E-state index contributed by atoms with van der Waals surface area (Å²) in [6, 6.07) is 16.7. The van der Waals surface area contributed by atoms with Gasteiger partial charge in [-0.1, -0.05) is 31.4 Å². The van der Waals surface area contributed by atoms with Crippen LogP contribution in [0.1, 0.15) is 73.3 Å². The first kappa shape index (κ1) is 27.2. The summed E-state index contributed by atoms with van der Waals surface area (Å²) in [5.41, 5.74) is 2.47. The van der Waals surface area contributed by atoms with Gasteiger partial charge in [0.25, 0.3) is 5.91 Å². The van der Waals surface area contributed by atoms with Crippen LogP contribution in [-0.4, -0.2) is 38.0 Å². The summed E-state index contributed by atoms with van der Waals surface area (Å²) in [5, 5.41) is 14.9. The second kappa shape index (κ2) is 10.9. The first-order valence-corrected chi connectivity index (χ1v) is 15.1. The van der Waals surface area contributed by atoms with Crippen LogP contribution in [0.2, 0.25) is 0 Å². The maximum atomic E-state index is 13.7. The molecule has 0 spiro atoms. The van der Waals surface area contributed by atoms with Crippen molar-refractivity contribution in [3.8, 4) is 11.6 Å². The Morgan fingerprint density at radius 1 is 1.02 bits per heavy atom. The normalized spacial score (nSPS) is 22.4. The number of benzene rings is 2. The van der Waals surface area contributed by atoms with Crippen molar-refractivity contribution in [1.29, 1.82) is 0 Å². The highest BCUT2D eigenvalue weighted by molar-refractivity contribution is 6.05. The Bertz CT molecular complexity index is 1710. The molecule has 3 aliphatic rings. The number of aliphatic carboxylic acids is 1. The molecule has 2 bridgehead atoms. The molecule has 0 saturated heterocycles. The number of hydrogen-bond acceptors (Lipinski definition) is 5. The number of anilines is 1. The summed E-state index contributed by atoms with van der Waals surface area (Å²) in [6.45, 7) is 0. The van der Waals surface area contributed by atoms with Crippen molar-refractivity contribution in [1.82, 2.24) is 14.9 Å². The number of carbonyl (C=O) groups excluding carboxylic acids is 2. The first-order chi connectivity index (χ1) is 20.9. The Morgan fingerprint density at radius 2 is 1.84 bits per heavy atom. The van der Waals surface area contributed by atoms with Gasteiger partial charge >= 0.3 is 5.97 Å². The lowest BCUT2D eigenvalue weighted by Crippen LogP contribution is -2.55. The van der Waals surface area contributed by atoms with Gasteiger partial charge in [0.1, 0.15) is 5.54 Å². The summed E-state index contributed by atoms with van der Waals surface area (Å²) in [6.07, 6.45) is 11.9. The molecule has 2 amide bonds. The SMILES string of the molecule is O=C(O)/C=C/c1ccc(NC(=O)C2(NC(=O)c3ccc4c(c3)nc(-c3ccco3)n4C3C[C@@H]4CC[C@H]3C4)CCCC2)cc1. The van der Waals surface area contributed by atoms with E-state index in [0.717, 1.165) is 53.9 Å². The van der Waals surface area contributed by atoms with Gasteiger partial charge in [0.05, 0.1) is 17.3 Å². The van der Waals surface area contributed by atoms with Gasteiger partial charge in [-0.15, -0.1) is 0 Å². The lowest BCUT2D eigenvalue weighted by Gasteiger charge is -2.29. The number of hydrogen-bond donors (Lipinski definition) is 3. The minimum Gasteiger partial charge on any atom is -0.478 e. The van der Waals surface area contributed by atoms with Crippen molar-refractivity contribution in [2.24, 2.45) is 11.8 Å². The van der Waals surface area contributed by atoms with Crippen LogP contribution in [0.15, 0.2) is 71.4 Å². The van der Waals surface area contributed by atoms with Crippen molar-refractivity contribution in [2.45, 2.75) is 62.9 Å². The van der Waals surface area contributed by atoms with E-state index >= 15 is 0 Å². The van der Waals surface area contributed by atoms with E-state index in [0.29, 0.717) is 41.6 Å². The molecular weight excluding hydrogens is 544 g/mol. The Morgan fingerprint density at radius 3 is 2.51 bits per heavy atom. The third-order valence-electron chi connectivity index (χ3n) is 9.56. The van der Waals surface area contributed by atoms with E-state index in [1.54, 1.807) is 30.5 Å². The Labute approximate surface area is 249 Å². The minimum absolute atomic E-state index is 0.256. The molecule has 0 aliphatic heterocycles. The topological polar surface area (TPSA) is 126 Å². The quantitative estimate of drug-likeness (QED) is 0.207. The van der Waals surface area contributed by atoms with E-state index in [2.05, 4.69) is 15.2 Å². The number of nitrogens with one attached hydrogen (secondary N) is 2. The number of fused-ring (bicyclic) bond motifs is 3. The average molecular weight is 579 g/mol. The fourth-order valence-electron chi connectivity index (χ4n) is 7.46. The lowest BCUT2D eigenvalue weighted by atomic mass is 9.94. The Hall–Kier alpha value is -4.66. The standard InChI is InChI=1S/C34H34N4O5/c39-30(40)14-8-21-6-11-25(12-7-21)35-33(42)34(15-1-2-16-34)37-32(41)24-10-13-27-26(20-24)36-31(29-4-3-17-43-29)38(27)28-19-22-5-9-23(28)18-22/h3-4,6-8,10-14,17,20,22-23,28H,1-2,5,9,15-16,18-19H2,(H,35,42)(H,37,41)(H,39,40)/b14-8+/t22-,23+,28?/m1/s1. The van der Waals surface area contributed by atoms with Gasteiger partial charge in [-0.2, -0.15) is 0 Å². The minimum atomic E-state index is -1.03. The van der Waals surface area contributed by atoms with Crippen molar-refractivity contribution in [3.63, 3.8) is 0 Å². The fourth-order valence-corrected chi connectivity index (χ4v) is 7.46. The number of rotatable bonds is 8. The van der Waals surface area contributed by atoms with Crippen LogP contribution in [0.3, 0.4) is 0 Å². The molecule has 2 aromatic heterocycles. The van der Waals surface area contributed by atoms with E-state index in [4.69, 9.17) is 14.5 Å². The summed E-state index contributed by atoms with van der Waals surface area (Å²) >= 11 is 0. The van der Waals surface area contributed by atoms with Crippen molar-refractivity contribution < 1.29 is 23.9 Å². The molecule has 1 unspecified atom stereocenters.